The van der Waals surface area contributed by atoms with Crippen LogP contribution in [0.3, 0.4) is 0 Å². The number of likely N-dealkylation sites (tertiary alicyclic amines) is 1. The highest BCUT2D eigenvalue weighted by Gasteiger charge is 2.28. The van der Waals surface area contributed by atoms with Gasteiger partial charge in [-0.05, 0) is 29.1 Å². The summed E-state index contributed by atoms with van der Waals surface area (Å²) in [7, 11) is 0. The van der Waals surface area contributed by atoms with Crippen molar-refractivity contribution in [2.24, 2.45) is 0 Å². The number of piperazine rings is 1. The fourth-order valence-electron chi connectivity index (χ4n) is 3.65. The monoisotopic (exact) mass is 397 g/mol. The van der Waals surface area contributed by atoms with Gasteiger partial charge in [-0.15, -0.1) is 11.3 Å². The highest BCUT2D eigenvalue weighted by Crippen LogP contribution is 2.18. The van der Waals surface area contributed by atoms with Crippen molar-refractivity contribution in [1.29, 1.82) is 0 Å². The molecule has 1 aromatic heterocycles. The number of amides is 3. The van der Waals surface area contributed by atoms with E-state index in [0.717, 1.165) is 38.3 Å². The molecule has 3 heterocycles. The van der Waals surface area contributed by atoms with Crippen molar-refractivity contribution in [1.82, 2.24) is 14.7 Å². The molecule has 0 spiro atoms. The largest absolute Gasteiger partial charge is 0.336 e. The second kappa shape index (κ2) is 8.24. The van der Waals surface area contributed by atoms with E-state index in [9.17, 15) is 14.4 Å². The molecule has 2 saturated heterocycles. The molecule has 1 aromatic carbocycles. The van der Waals surface area contributed by atoms with Crippen molar-refractivity contribution in [2.45, 2.75) is 25.9 Å². The number of carbonyl (C=O) groups is 3. The molecule has 0 aliphatic carbocycles. The van der Waals surface area contributed by atoms with Crippen molar-refractivity contribution < 1.29 is 14.4 Å². The van der Waals surface area contributed by atoms with Gasteiger partial charge in [0.1, 0.15) is 0 Å². The number of hydrogen-bond acceptors (Lipinski definition) is 5. The van der Waals surface area contributed by atoms with Gasteiger partial charge in [0.05, 0.1) is 6.54 Å². The van der Waals surface area contributed by atoms with Crippen LogP contribution in [0.25, 0.3) is 0 Å². The first kappa shape index (κ1) is 18.8. The first-order chi connectivity index (χ1) is 13.6. The Balaban J connectivity index is 1.31. The van der Waals surface area contributed by atoms with Crippen molar-refractivity contribution in [2.75, 3.05) is 26.2 Å². The SMILES string of the molecule is O=C(c1ccc(CN2C(=O)CCC2=O)cc1)N1CCN(Cc2cccs2)CC1. The summed E-state index contributed by atoms with van der Waals surface area (Å²) in [6.45, 7) is 4.43. The van der Waals surface area contributed by atoms with Crippen LogP contribution in [0.15, 0.2) is 41.8 Å². The molecular weight excluding hydrogens is 374 g/mol. The Labute approximate surface area is 168 Å². The van der Waals surface area contributed by atoms with Gasteiger partial charge < -0.3 is 4.90 Å². The number of carbonyl (C=O) groups excluding carboxylic acids is 3. The normalized spacial score (nSPS) is 18.1. The molecule has 0 unspecified atom stereocenters. The van der Waals surface area contributed by atoms with Gasteiger partial charge >= 0.3 is 0 Å². The third-order valence-electron chi connectivity index (χ3n) is 5.32. The minimum atomic E-state index is -0.120. The third kappa shape index (κ3) is 4.15. The molecule has 2 fully saturated rings. The second-order valence-corrected chi connectivity index (χ2v) is 8.25. The van der Waals surface area contributed by atoms with Gasteiger partial charge in [0.15, 0.2) is 0 Å². The Hall–Kier alpha value is -2.51. The number of imide groups is 1. The van der Waals surface area contributed by atoms with Gasteiger partial charge in [-0.25, -0.2) is 0 Å². The van der Waals surface area contributed by atoms with Gasteiger partial charge in [-0.3, -0.25) is 24.2 Å². The molecule has 2 aliphatic heterocycles. The van der Waals surface area contributed by atoms with E-state index in [1.165, 1.54) is 9.78 Å². The van der Waals surface area contributed by atoms with Crippen LogP contribution in [-0.2, 0) is 22.7 Å². The lowest BCUT2D eigenvalue weighted by molar-refractivity contribution is -0.139. The van der Waals surface area contributed by atoms with Crippen LogP contribution in [-0.4, -0.2) is 58.6 Å². The van der Waals surface area contributed by atoms with Gasteiger partial charge in [-0.1, -0.05) is 18.2 Å². The second-order valence-electron chi connectivity index (χ2n) is 7.22. The van der Waals surface area contributed by atoms with E-state index in [2.05, 4.69) is 22.4 Å². The van der Waals surface area contributed by atoms with Crippen molar-refractivity contribution in [3.05, 3.63) is 57.8 Å². The lowest BCUT2D eigenvalue weighted by Gasteiger charge is -2.34. The number of benzene rings is 1. The average Bonchev–Trinajstić information content (AvgIpc) is 3.34. The summed E-state index contributed by atoms with van der Waals surface area (Å²) in [6.07, 6.45) is 0.599. The summed E-state index contributed by atoms with van der Waals surface area (Å²) in [5, 5.41) is 2.09. The molecule has 28 heavy (non-hydrogen) atoms. The van der Waals surface area contributed by atoms with Crippen molar-refractivity contribution in [3.8, 4) is 0 Å². The topological polar surface area (TPSA) is 60.9 Å². The maximum atomic E-state index is 12.8. The molecule has 2 aromatic rings. The summed E-state index contributed by atoms with van der Waals surface area (Å²) < 4.78 is 0. The maximum absolute atomic E-state index is 12.8. The standard InChI is InChI=1S/C21H23N3O3S/c25-19-7-8-20(26)24(19)14-16-3-5-17(6-4-16)21(27)23-11-9-22(10-12-23)15-18-2-1-13-28-18/h1-6,13H,7-12,14-15H2. The zero-order chi connectivity index (χ0) is 19.5. The fourth-order valence-corrected chi connectivity index (χ4v) is 4.40. The van der Waals surface area contributed by atoms with E-state index < -0.39 is 0 Å². The predicted molar refractivity (Wildman–Crippen MR) is 107 cm³/mol. The van der Waals surface area contributed by atoms with Gasteiger partial charge in [0, 0.05) is 56.0 Å². The lowest BCUT2D eigenvalue weighted by Crippen LogP contribution is -2.48. The van der Waals surface area contributed by atoms with Crippen LogP contribution in [0.4, 0.5) is 0 Å². The summed E-state index contributed by atoms with van der Waals surface area (Å²) in [6, 6.07) is 11.5. The van der Waals surface area contributed by atoms with Crippen LogP contribution in [0.2, 0.25) is 0 Å². The number of thiophene rings is 1. The summed E-state index contributed by atoms with van der Waals surface area (Å²) in [5.74, 6) is -0.202. The Bertz CT molecular complexity index is 840. The first-order valence-electron chi connectivity index (χ1n) is 9.56. The van der Waals surface area contributed by atoms with E-state index in [0.29, 0.717) is 18.4 Å². The van der Waals surface area contributed by atoms with E-state index in [-0.39, 0.29) is 24.3 Å². The highest BCUT2D eigenvalue weighted by molar-refractivity contribution is 7.09. The van der Waals surface area contributed by atoms with Crippen LogP contribution < -0.4 is 0 Å². The molecule has 4 rings (SSSR count). The minimum absolute atomic E-state index is 0.0376. The van der Waals surface area contributed by atoms with Crippen molar-refractivity contribution >= 4 is 29.1 Å². The minimum Gasteiger partial charge on any atom is -0.336 e. The van der Waals surface area contributed by atoms with Crippen LogP contribution in [0.5, 0.6) is 0 Å². The van der Waals surface area contributed by atoms with Crippen LogP contribution in [0, 0.1) is 0 Å². The fraction of sp³-hybridized carbons (Fsp3) is 0.381. The summed E-state index contributed by atoms with van der Waals surface area (Å²) in [5.41, 5.74) is 1.51. The quantitative estimate of drug-likeness (QED) is 0.727. The Morgan fingerprint density at radius 1 is 0.893 bits per heavy atom. The Kier molecular flexibility index (Phi) is 5.54. The molecule has 3 amide bonds. The molecule has 0 radical (unpaired) electrons. The summed E-state index contributed by atoms with van der Waals surface area (Å²) >= 11 is 1.77. The molecule has 0 atom stereocenters. The van der Waals surface area contributed by atoms with Crippen LogP contribution >= 0.6 is 11.3 Å². The van der Waals surface area contributed by atoms with Crippen molar-refractivity contribution in [3.63, 3.8) is 0 Å². The predicted octanol–water partition coefficient (Wildman–Crippen LogP) is 2.36. The summed E-state index contributed by atoms with van der Waals surface area (Å²) in [4.78, 5) is 43.2. The lowest BCUT2D eigenvalue weighted by atomic mass is 10.1. The molecule has 7 heteroatoms. The van der Waals surface area contributed by atoms with E-state index in [4.69, 9.17) is 0 Å². The number of hydrogen-bond donors (Lipinski definition) is 0. The zero-order valence-electron chi connectivity index (χ0n) is 15.7. The molecule has 2 aliphatic rings. The molecule has 0 bridgehead atoms. The van der Waals surface area contributed by atoms with E-state index in [1.54, 1.807) is 23.5 Å². The van der Waals surface area contributed by atoms with Gasteiger partial charge in [0.25, 0.3) is 5.91 Å². The van der Waals surface area contributed by atoms with Gasteiger partial charge in [0.2, 0.25) is 11.8 Å². The average molecular weight is 398 g/mol. The third-order valence-corrected chi connectivity index (χ3v) is 6.18. The molecule has 146 valence electrons. The van der Waals surface area contributed by atoms with E-state index >= 15 is 0 Å². The Morgan fingerprint density at radius 3 is 2.18 bits per heavy atom. The first-order valence-corrected chi connectivity index (χ1v) is 10.4. The number of rotatable bonds is 5. The Morgan fingerprint density at radius 2 is 1.57 bits per heavy atom. The molecule has 0 saturated carbocycles. The molecular formula is C21H23N3O3S. The van der Waals surface area contributed by atoms with Crippen LogP contribution in [0.1, 0.15) is 33.6 Å². The maximum Gasteiger partial charge on any atom is 0.253 e. The zero-order valence-corrected chi connectivity index (χ0v) is 16.5. The highest BCUT2D eigenvalue weighted by atomic mass is 32.1. The molecule has 6 nitrogen and oxygen atoms in total. The van der Waals surface area contributed by atoms with E-state index in [1.807, 2.05) is 17.0 Å². The smallest absolute Gasteiger partial charge is 0.253 e. The number of nitrogens with zero attached hydrogens (tertiary/aromatic N) is 3. The van der Waals surface area contributed by atoms with Gasteiger partial charge in [-0.2, -0.15) is 0 Å². The molecule has 0 N–H and O–H groups in total.